The van der Waals surface area contributed by atoms with Crippen molar-refractivity contribution in [3.8, 4) is 5.75 Å². The van der Waals surface area contributed by atoms with Crippen molar-refractivity contribution >= 4 is 11.9 Å². The molecule has 1 aromatic rings. The van der Waals surface area contributed by atoms with E-state index in [0.717, 1.165) is 0 Å². The minimum absolute atomic E-state index is 0.138. The van der Waals surface area contributed by atoms with Gasteiger partial charge in [-0.3, -0.25) is 9.48 Å². The summed E-state index contributed by atoms with van der Waals surface area (Å²) in [4.78, 5) is 21.5. The topological polar surface area (TPSA) is 93.5 Å². The van der Waals surface area contributed by atoms with Crippen LogP contribution in [0.2, 0.25) is 0 Å². The van der Waals surface area contributed by atoms with Gasteiger partial charge in [0.2, 0.25) is 5.91 Å². The van der Waals surface area contributed by atoms with E-state index in [-0.39, 0.29) is 6.61 Å². The average Bonchev–Trinajstić information content (AvgIpc) is 2.58. The highest BCUT2D eigenvalue weighted by atomic mass is 16.5. The van der Waals surface area contributed by atoms with E-state index >= 15 is 0 Å². The van der Waals surface area contributed by atoms with E-state index in [9.17, 15) is 9.59 Å². The first-order valence-corrected chi connectivity index (χ1v) is 4.60. The zero-order valence-corrected chi connectivity index (χ0v) is 9.01. The standard InChI is InChI=1S/C9H13N3O4/c1-6(13)11-8(9(14)15)5-16-7-3-10-12(2)4-7/h3-4,8H,5H2,1-2H3,(H,11,13)(H,14,15). The SMILES string of the molecule is CC(=O)NC(COc1cnn(C)c1)C(=O)O. The summed E-state index contributed by atoms with van der Waals surface area (Å²) in [5.41, 5.74) is 0. The molecular weight excluding hydrogens is 214 g/mol. The monoisotopic (exact) mass is 227 g/mol. The summed E-state index contributed by atoms with van der Waals surface area (Å²) in [6, 6.07) is -1.06. The second-order valence-corrected chi connectivity index (χ2v) is 3.25. The number of hydrogen-bond acceptors (Lipinski definition) is 4. The van der Waals surface area contributed by atoms with Gasteiger partial charge in [0.1, 0.15) is 6.61 Å². The van der Waals surface area contributed by atoms with Gasteiger partial charge in [-0.2, -0.15) is 5.10 Å². The predicted octanol–water partition coefficient (Wildman–Crippen LogP) is -0.612. The highest BCUT2D eigenvalue weighted by molar-refractivity contribution is 5.82. The van der Waals surface area contributed by atoms with Crippen LogP contribution in [-0.4, -0.2) is 39.4 Å². The van der Waals surface area contributed by atoms with Crippen LogP contribution >= 0.6 is 0 Å². The third-order valence-corrected chi connectivity index (χ3v) is 1.77. The van der Waals surface area contributed by atoms with Crippen LogP contribution in [0, 0.1) is 0 Å². The van der Waals surface area contributed by atoms with Gasteiger partial charge in [-0.1, -0.05) is 0 Å². The van der Waals surface area contributed by atoms with Gasteiger partial charge >= 0.3 is 5.97 Å². The van der Waals surface area contributed by atoms with E-state index in [2.05, 4.69) is 10.4 Å². The van der Waals surface area contributed by atoms with Crippen LogP contribution in [-0.2, 0) is 16.6 Å². The van der Waals surface area contributed by atoms with E-state index in [1.54, 1.807) is 13.2 Å². The summed E-state index contributed by atoms with van der Waals surface area (Å²) in [7, 11) is 1.72. The van der Waals surface area contributed by atoms with Crippen LogP contribution in [0.15, 0.2) is 12.4 Å². The Kier molecular flexibility index (Phi) is 3.87. The fourth-order valence-corrected chi connectivity index (χ4v) is 1.07. The number of carbonyl (C=O) groups excluding carboxylic acids is 1. The smallest absolute Gasteiger partial charge is 0.329 e. The fourth-order valence-electron chi connectivity index (χ4n) is 1.07. The van der Waals surface area contributed by atoms with Gasteiger partial charge in [0, 0.05) is 14.0 Å². The molecule has 0 aliphatic carbocycles. The first-order chi connectivity index (χ1) is 7.49. The fraction of sp³-hybridized carbons (Fsp3) is 0.444. The van der Waals surface area contributed by atoms with Crippen molar-refractivity contribution in [3.05, 3.63) is 12.4 Å². The molecule has 0 bridgehead atoms. The van der Waals surface area contributed by atoms with Gasteiger partial charge in [-0.15, -0.1) is 0 Å². The Labute approximate surface area is 92.0 Å². The first-order valence-electron chi connectivity index (χ1n) is 4.60. The number of rotatable bonds is 5. The molecule has 0 saturated carbocycles. The highest BCUT2D eigenvalue weighted by Gasteiger charge is 2.19. The molecule has 1 aromatic heterocycles. The largest absolute Gasteiger partial charge is 0.488 e. The van der Waals surface area contributed by atoms with Crippen molar-refractivity contribution in [1.29, 1.82) is 0 Å². The number of carbonyl (C=O) groups is 2. The number of aryl methyl sites for hydroxylation is 1. The molecule has 1 unspecified atom stereocenters. The van der Waals surface area contributed by atoms with E-state index in [4.69, 9.17) is 9.84 Å². The van der Waals surface area contributed by atoms with Crippen LogP contribution in [0.3, 0.4) is 0 Å². The predicted molar refractivity (Wildman–Crippen MR) is 53.9 cm³/mol. The Morgan fingerprint density at radius 3 is 2.81 bits per heavy atom. The molecule has 88 valence electrons. The Morgan fingerprint density at radius 2 is 2.38 bits per heavy atom. The van der Waals surface area contributed by atoms with Gasteiger partial charge < -0.3 is 15.2 Å². The second kappa shape index (κ2) is 5.15. The minimum atomic E-state index is -1.14. The lowest BCUT2D eigenvalue weighted by atomic mass is 10.3. The lowest BCUT2D eigenvalue weighted by molar-refractivity contribution is -0.142. The number of hydrogen-bond donors (Lipinski definition) is 2. The zero-order valence-electron chi connectivity index (χ0n) is 9.01. The quantitative estimate of drug-likeness (QED) is 0.699. The Balaban J connectivity index is 2.50. The third kappa shape index (κ3) is 3.60. The molecule has 0 aliphatic heterocycles. The molecule has 0 aromatic carbocycles. The number of nitrogens with zero attached hydrogens (tertiary/aromatic N) is 2. The Morgan fingerprint density at radius 1 is 1.69 bits per heavy atom. The molecule has 0 aliphatic rings. The molecule has 7 nitrogen and oxygen atoms in total. The molecule has 0 saturated heterocycles. The Bertz CT molecular complexity index is 388. The molecular formula is C9H13N3O4. The van der Waals surface area contributed by atoms with Crippen LogP contribution in [0.1, 0.15) is 6.92 Å². The molecule has 2 N–H and O–H groups in total. The number of ether oxygens (including phenoxy) is 1. The number of amides is 1. The number of aromatic nitrogens is 2. The lowest BCUT2D eigenvalue weighted by Crippen LogP contribution is -2.43. The average molecular weight is 227 g/mol. The molecule has 0 spiro atoms. The molecule has 16 heavy (non-hydrogen) atoms. The summed E-state index contributed by atoms with van der Waals surface area (Å²) in [5, 5.41) is 14.9. The van der Waals surface area contributed by atoms with Crippen molar-refractivity contribution in [2.45, 2.75) is 13.0 Å². The minimum Gasteiger partial charge on any atom is -0.488 e. The van der Waals surface area contributed by atoms with E-state index in [1.165, 1.54) is 17.8 Å². The molecule has 1 heterocycles. The maximum absolute atomic E-state index is 10.7. The molecule has 1 amide bonds. The highest BCUT2D eigenvalue weighted by Crippen LogP contribution is 2.07. The van der Waals surface area contributed by atoms with Crippen molar-refractivity contribution < 1.29 is 19.4 Å². The van der Waals surface area contributed by atoms with E-state index in [0.29, 0.717) is 5.75 Å². The molecule has 7 heteroatoms. The lowest BCUT2D eigenvalue weighted by Gasteiger charge is -2.13. The number of nitrogens with one attached hydrogen (secondary N) is 1. The van der Waals surface area contributed by atoms with E-state index < -0.39 is 17.9 Å². The molecule has 0 fully saturated rings. The third-order valence-electron chi connectivity index (χ3n) is 1.77. The van der Waals surface area contributed by atoms with Crippen molar-refractivity contribution in [1.82, 2.24) is 15.1 Å². The van der Waals surface area contributed by atoms with Gasteiger partial charge in [-0.05, 0) is 0 Å². The molecule has 1 atom stereocenters. The summed E-state index contributed by atoms with van der Waals surface area (Å²) in [6.45, 7) is 1.11. The Hall–Kier alpha value is -2.05. The van der Waals surface area contributed by atoms with Gasteiger partial charge in [0.25, 0.3) is 0 Å². The van der Waals surface area contributed by atoms with Gasteiger partial charge in [0.15, 0.2) is 11.8 Å². The van der Waals surface area contributed by atoms with Crippen LogP contribution in [0.4, 0.5) is 0 Å². The maximum atomic E-state index is 10.7. The van der Waals surface area contributed by atoms with Crippen molar-refractivity contribution in [2.75, 3.05) is 6.61 Å². The van der Waals surface area contributed by atoms with Gasteiger partial charge in [-0.25, -0.2) is 4.79 Å². The maximum Gasteiger partial charge on any atom is 0.329 e. The van der Waals surface area contributed by atoms with E-state index in [1.807, 2.05) is 0 Å². The van der Waals surface area contributed by atoms with Crippen LogP contribution in [0.5, 0.6) is 5.75 Å². The van der Waals surface area contributed by atoms with Crippen LogP contribution < -0.4 is 10.1 Å². The van der Waals surface area contributed by atoms with Gasteiger partial charge in [0.05, 0.1) is 12.4 Å². The summed E-state index contributed by atoms with van der Waals surface area (Å²) in [5.74, 6) is -1.10. The molecule has 1 rings (SSSR count). The van der Waals surface area contributed by atoms with Crippen molar-refractivity contribution in [3.63, 3.8) is 0 Å². The molecule has 0 radical (unpaired) electrons. The summed E-state index contributed by atoms with van der Waals surface area (Å²) < 4.78 is 6.70. The second-order valence-electron chi connectivity index (χ2n) is 3.25. The zero-order chi connectivity index (χ0) is 12.1. The van der Waals surface area contributed by atoms with Crippen molar-refractivity contribution in [2.24, 2.45) is 7.05 Å². The first kappa shape index (κ1) is 12.0. The summed E-state index contributed by atoms with van der Waals surface area (Å²) in [6.07, 6.45) is 3.07. The van der Waals surface area contributed by atoms with Crippen LogP contribution in [0.25, 0.3) is 0 Å². The number of carboxylic acid groups (broad SMARTS) is 1. The number of aliphatic carboxylic acids is 1. The normalized spacial score (nSPS) is 11.9. The number of carboxylic acids is 1. The summed E-state index contributed by atoms with van der Waals surface area (Å²) >= 11 is 0.